The first kappa shape index (κ1) is 10.5. The van der Waals surface area contributed by atoms with E-state index in [1.165, 1.54) is 12.4 Å². The van der Waals surface area contributed by atoms with Crippen molar-refractivity contribution in [2.24, 2.45) is 0 Å². The molecular formula is C8H6ClN5O2. The molecule has 0 radical (unpaired) electrons. The van der Waals surface area contributed by atoms with E-state index in [0.29, 0.717) is 5.69 Å². The Labute approximate surface area is 94.8 Å². The summed E-state index contributed by atoms with van der Waals surface area (Å²) in [5, 5.41) is 9.60. The summed E-state index contributed by atoms with van der Waals surface area (Å²) >= 11 is 5.61. The van der Waals surface area contributed by atoms with Gasteiger partial charge in [-0.1, -0.05) is 16.8 Å². The maximum absolute atomic E-state index is 11.6. The minimum atomic E-state index is -0.477. The number of hydrogen-bond donors (Lipinski definition) is 1. The van der Waals surface area contributed by atoms with E-state index in [9.17, 15) is 4.79 Å². The second-order valence-electron chi connectivity index (χ2n) is 2.88. The number of aromatic nitrogens is 4. The van der Waals surface area contributed by atoms with E-state index < -0.39 is 5.91 Å². The lowest BCUT2D eigenvalue weighted by atomic mass is 10.3. The lowest BCUT2D eigenvalue weighted by Crippen LogP contribution is -2.14. The van der Waals surface area contributed by atoms with Crippen LogP contribution in [0.5, 0.6) is 0 Å². The average molecular weight is 240 g/mol. The van der Waals surface area contributed by atoms with Crippen LogP contribution in [-0.2, 0) is 0 Å². The summed E-state index contributed by atoms with van der Waals surface area (Å²) in [5.74, 6) is -0.241. The number of aryl methyl sites for hydroxylation is 1. The van der Waals surface area contributed by atoms with Gasteiger partial charge in [-0.3, -0.25) is 9.78 Å². The van der Waals surface area contributed by atoms with Crippen LogP contribution in [0.15, 0.2) is 17.0 Å². The van der Waals surface area contributed by atoms with Gasteiger partial charge in [0.1, 0.15) is 10.8 Å². The zero-order chi connectivity index (χ0) is 11.5. The molecule has 2 aromatic rings. The number of carbonyl (C=O) groups is 1. The predicted octanol–water partition coefficient (Wildman–Crippen LogP) is 1.07. The predicted molar refractivity (Wildman–Crippen MR) is 54.0 cm³/mol. The summed E-state index contributed by atoms with van der Waals surface area (Å²) in [4.78, 5) is 19.2. The highest BCUT2D eigenvalue weighted by Crippen LogP contribution is 2.09. The van der Waals surface area contributed by atoms with E-state index in [1.54, 1.807) is 6.92 Å². The van der Waals surface area contributed by atoms with Crippen molar-refractivity contribution in [3.05, 3.63) is 28.9 Å². The summed E-state index contributed by atoms with van der Waals surface area (Å²) in [6, 6.07) is 0. The average Bonchev–Trinajstić information content (AvgIpc) is 2.64. The summed E-state index contributed by atoms with van der Waals surface area (Å²) in [6.45, 7) is 1.61. The van der Waals surface area contributed by atoms with Crippen molar-refractivity contribution >= 4 is 23.3 Å². The van der Waals surface area contributed by atoms with Gasteiger partial charge in [0.05, 0.1) is 12.4 Å². The molecule has 0 aliphatic carbocycles. The number of nitrogens with one attached hydrogen (secondary N) is 1. The van der Waals surface area contributed by atoms with Gasteiger partial charge in [-0.25, -0.2) is 9.61 Å². The lowest BCUT2D eigenvalue weighted by Gasteiger charge is -2.00. The Bertz CT molecular complexity index is 527. The third-order valence-corrected chi connectivity index (χ3v) is 1.90. The fourth-order valence-electron chi connectivity index (χ4n) is 1.02. The van der Waals surface area contributed by atoms with Gasteiger partial charge in [-0.15, -0.1) is 0 Å². The van der Waals surface area contributed by atoms with Crippen molar-refractivity contribution in [2.45, 2.75) is 6.92 Å². The fraction of sp³-hybridized carbons (Fsp3) is 0.125. The van der Waals surface area contributed by atoms with E-state index in [2.05, 4.69) is 30.2 Å². The standard InChI is InChI=1S/C8H6ClN5O2/c1-4-7(14-16-13-4)8(15)12-6-3-10-2-5(9)11-6/h2-3H,1H3,(H,11,12,15). The van der Waals surface area contributed by atoms with Gasteiger partial charge in [0.15, 0.2) is 11.5 Å². The molecule has 0 aliphatic heterocycles. The molecular weight excluding hydrogens is 234 g/mol. The molecule has 0 bridgehead atoms. The largest absolute Gasteiger partial charge is 0.304 e. The molecule has 0 fully saturated rings. The Morgan fingerprint density at radius 2 is 2.25 bits per heavy atom. The Balaban J connectivity index is 2.17. The van der Waals surface area contributed by atoms with E-state index in [1.807, 2.05) is 0 Å². The minimum Gasteiger partial charge on any atom is -0.304 e. The molecule has 8 heteroatoms. The SMILES string of the molecule is Cc1nonc1C(=O)Nc1cncc(Cl)n1. The molecule has 2 aromatic heterocycles. The van der Waals surface area contributed by atoms with Crippen molar-refractivity contribution in [3.8, 4) is 0 Å². The number of nitrogens with zero attached hydrogens (tertiary/aromatic N) is 4. The minimum absolute atomic E-state index is 0.0989. The van der Waals surface area contributed by atoms with Gasteiger partial charge < -0.3 is 5.32 Å². The van der Waals surface area contributed by atoms with Crippen LogP contribution in [0.2, 0.25) is 5.15 Å². The normalized spacial score (nSPS) is 10.1. The third-order valence-electron chi connectivity index (χ3n) is 1.71. The van der Waals surface area contributed by atoms with Gasteiger partial charge >= 0.3 is 0 Å². The lowest BCUT2D eigenvalue weighted by molar-refractivity contribution is 0.101. The Morgan fingerprint density at radius 1 is 1.44 bits per heavy atom. The molecule has 2 heterocycles. The van der Waals surface area contributed by atoms with Gasteiger partial charge in [0.2, 0.25) is 0 Å². The zero-order valence-electron chi connectivity index (χ0n) is 8.14. The molecule has 0 saturated carbocycles. The van der Waals surface area contributed by atoms with Crippen LogP contribution in [0.4, 0.5) is 5.82 Å². The van der Waals surface area contributed by atoms with E-state index in [0.717, 1.165) is 0 Å². The van der Waals surface area contributed by atoms with E-state index in [4.69, 9.17) is 11.6 Å². The first-order valence-corrected chi connectivity index (χ1v) is 4.62. The van der Waals surface area contributed by atoms with Gasteiger partial charge in [0, 0.05) is 0 Å². The summed E-state index contributed by atoms with van der Waals surface area (Å²) in [5.41, 5.74) is 0.495. The second kappa shape index (κ2) is 4.23. The van der Waals surface area contributed by atoms with Crippen molar-refractivity contribution in [2.75, 3.05) is 5.32 Å². The van der Waals surface area contributed by atoms with Crippen LogP contribution in [0.3, 0.4) is 0 Å². The quantitative estimate of drug-likeness (QED) is 0.843. The number of carbonyl (C=O) groups excluding carboxylic acids is 1. The number of amides is 1. The number of anilines is 1. The van der Waals surface area contributed by atoms with Gasteiger partial charge in [0.25, 0.3) is 5.91 Å². The van der Waals surface area contributed by atoms with Crippen LogP contribution in [0, 0.1) is 6.92 Å². The highest BCUT2D eigenvalue weighted by Gasteiger charge is 2.15. The van der Waals surface area contributed by atoms with Crippen molar-refractivity contribution in [3.63, 3.8) is 0 Å². The van der Waals surface area contributed by atoms with Gasteiger partial charge in [-0.05, 0) is 12.1 Å². The molecule has 0 spiro atoms. The molecule has 0 saturated heterocycles. The van der Waals surface area contributed by atoms with Crippen molar-refractivity contribution in [1.82, 2.24) is 20.3 Å². The van der Waals surface area contributed by atoms with Crippen LogP contribution < -0.4 is 5.32 Å². The Morgan fingerprint density at radius 3 is 2.88 bits per heavy atom. The van der Waals surface area contributed by atoms with Crippen LogP contribution in [0.25, 0.3) is 0 Å². The molecule has 16 heavy (non-hydrogen) atoms. The highest BCUT2D eigenvalue weighted by molar-refractivity contribution is 6.29. The van der Waals surface area contributed by atoms with Crippen molar-refractivity contribution in [1.29, 1.82) is 0 Å². The first-order chi connectivity index (χ1) is 7.66. The molecule has 1 amide bonds. The third kappa shape index (κ3) is 2.14. The van der Waals surface area contributed by atoms with Crippen LogP contribution in [0.1, 0.15) is 16.2 Å². The molecule has 2 rings (SSSR count). The summed E-state index contributed by atoms with van der Waals surface area (Å²) in [6.07, 6.45) is 2.73. The summed E-state index contributed by atoms with van der Waals surface area (Å²) in [7, 11) is 0. The van der Waals surface area contributed by atoms with Crippen molar-refractivity contribution < 1.29 is 9.42 Å². The fourth-order valence-corrected chi connectivity index (χ4v) is 1.16. The molecule has 82 valence electrons. The first-order valence-electron chi connectivity index (χ1n) is 4.25. The number of rotatable bonds is 2. The maximum atomic E-state index is 11.6. The number of hydrogen-bond acceptors (Lipinski definition) is 6. The zero-order valence-corrected chi connectivity index (χ0v) is 8.89. The Hall–Kier alpha value is -2.02. The number of halogens is 1. The molecule has 7 nitrogen and oxygen atoms in total. The molecule has 0 aromatic carbocycles. The molecule has 0 unspecified atom stereocenters. The van der Waals surface area contributed by atoms with E-state index >= 15 is 0 Å². The highest BCUT2D eigenvalue weighted by atomic mass is 35.5. The van der Waals surface area contributed by atoms with E-state index in [-0.39, 0.29) is 16.7 Å². The summed E-state index contributed by atoms with van der Waals surface area (Å²) < 4.78 is 4.40. The smallest absolute Gasteiger partial charge is 0.281 e. The molecule has 1 N–H and O–H groups in total. The topological polar surface area (TPSA) is 93.8 Å². The molecule has 0 atom stereocenters. The van der Waals surface area contributed by atoms with Gasteiger partial charge in [-0.2, -0.15) is 0 Å². The monoisotopic (exact) mass is 239 g/mol. The molecule has 0 aliphatic rings. The van der Waals surface area contributed by atoms with Crippen LogP contribution in [-0.4, -0.2) is 26.2 Å². The maximum Gasteiger partial charge on any atom is 0.281 e. The second-order valence-corrected chi connectivity index (χ2v) is 3.27. The Kier molecular flexibility index (Phi) is 2.78. The van der Waals surface area contributed by atoms with Crippen LogP contribution >= 0.6 is 11.6 Å².